The van der Waals surface area contributed by atoms with Crippen LogP contribution in [0.4, 0.5) is 5.82 Å². The minimum absolute atomic E-state index is 0.407. The van der Waals surface area contributed by atoms with Crippen LogP contribution in [0.25, 0.3) is 11.5 Å². The van der Waals surface area contributed by atoms with Crippen LogP contribution in [0.3, 0.4) is 0 Å². The van der Waals surface area contributed by atoms with E-state index in [-0.39, 0.29) is 0 Å². The SMILES string of the molecule is c1ccc(CN2CC[C@@H](Nc3nc(-c4ccccn4)nc4c3CCNC4)C2)cc1. The summed E-state index contributed by atoms with van der Waals surface area (Å²) >= 11 is 0. The molecule has 1 fully saturated rings. The van der Waals surface area contributed by atoms with E-state index in [9.17, 15) is 0 Å². The molecule has 0 aliphatic carbocycles. The first-order chi connectivity index (χ1) is 14.3. The molecule has 6 heteroatoms. The van der Waals surface area contributed by atoms with E-state index in [0.717, 1.165) is 62.8 Å². The molecule has 1 aromatic carbocycles. The molecular weight excluding hydrogens is 360 g/mol. The standard InChI is InChI=1S/C23H26N6/c1-2-6-17(7-3-1)15-29-13-10-18(16-29)26-22-19-9-12-24-14-21(19)27-23(28-22)20-8-4-5-11-25-20/h1-8,11,18,24H,9-10,12-16H2,(H,26,27,28)/t18-/m1/s1. The van der Waals surface area contributed by atoms with Crippen LogP contribution in [0.15, 0.2) is 54.7 Å². The van der Waals surface area contributed by atoms with E-state index in [0.29, 0.717) is 11.9 Å². The van der Waals surface area contributed by atoms with Crippen molar-refractivity contribution in [1.82, 2.24) is 25.2 Å². The maximum Gasteiger partial charge on any atom is 0.180 e. The van der Waals surface area contributed by atoms with Crippen molar-refractivity contribution >= 4 is 5.82 Å². The van der Waals surface area contributed by atoms with Gasteiger partial charge in [-0.2, -0.15) is 0 Å². The second kappa shape index (κ2) is 8.27. The van der Waals surface area contributed by atoms with Crippen LogP contribution in [0.5, 0.6) is 0 Å². The van der Waals surface area contributed by atoms with Crippen molar-refractivity contribution in [2.75, 3.05) is 25.0 Å². The number of hydrogen-bond donors (Lipinski definition) is 2. The normalized spacial score (nSPS) is 19.1. The van der Waals surface area contributed by atoms with Crippen LogP contribution >= 0.6 is 0 Å². The van der Waals surface area contributed by atoms with E-state index >= 15 is 0 Å². The molecule has 4 heterocycles. The largest absolute Gasteiger partial charge is 0.366 e. The molecule has 0 spiro atoms. The molecule has 0 saturated carbocycles. The number of anilines is 1. The van der Waals surface area contributed by atoms with E-state index in [2.05, 4.69) is 50.8 Å². The Morgan fingerprint density at radius 2 is 1.97 bits per heavy atom. The molecule has 2 aromatic heterocycles. The van der Waals surface area contributed by atoms with Crippen molar-refractivity contribution < 1.29 is 0 Å². The lowest BCUT2D eigenvalue weighted by molar-refractivity contribution is 0.328. The van der Waals surface area contributed by atoms with Crippen LogP contribution < -0.4 is 10.6 Å². The fourth-order valence-corrected chi connectivity index (χ4v) is 4.22. The predicted molar refractivity (Wildman–Crippen MR) is 114 cm³/mol. The number of hydrogen-bond acceptors (Lipinski definition) is 6. The summed E-state index contributed by atoms with van der Waals surface area (Å²) in [5.41, 5.74) is 4.54. The van der Waals surface area contributed by atoms with Crippen molar-refractivity contribution in [2.24, 2.45) is 0 Å². The highest BCUT2D eigenvalue weighted by Gasteiger charge is 2.25. The number of pyridine rings is 1. The summed E-state index contributed by atoms with van der Waals surface area (Å²) in [4.78, 5) is 16.7. The molecule has 2 aliphatic rings. The van der Waals surface area contributed by atoms with Crippen LogP contribution in [-0.4, -0.2) is 45.5 Å². The molecule has 0 amide bonds. The van der Waals surface area contributed by atoms with Gasteiger partial charge in [0.05, 0.1) is 5.69 Å². The minimum atomic E-state index is 0.407. The number of nitrogens with one attached hydrogen (secondary N) is 2. The Morgan fingerprint density at radius 1 is 1.07 bits per heavy atom. The van der Waals surface area contributed by atoms with Gasteiger partial charge in [0.15, 0.2) is 5.82 Å². The third-order valence-electron chi connectivity index (χ3n) is 5.69. The number of likely N-dealkylation sites (tertiary alicyclic amines) is 1. The molecule has 2 aliphatic heterocycles. The van der Waals surface area contributed by atoms with E-state index in [1.165, 1.54) is 11.1 Å². The van der Waals surface area contributed by atoms with Crippen molar-refractivity contribution in [3.05, 3.63) is 71.5 Å². The summed E-state index contributed by atoms with van der Waals surface area (Å²) in [5.74, 6) is 1.69. The summed E-state index contributed by atoms with van der Waals surface area (Å²) in [6.45, 7) is 4.90. The van der Waals surface area contributed by atoms with Gasteiger partial charge >= 0.3 is 0 Å². The zero-order chi connectivity index (χ0) is 19.5. The summed E-state index contributed by atoms with van der Waals surface area (Å²) in [7, 11) is 0. The van der Waals surface area contributed by atoms with Gasteiger partial charge in [-0.05, 0) is 37.1 Å². The summed E-state index contributed by atoms with van der Waals surface area (Å²) in [5, 5.41) is 7.17. The molecule has 1 atom stereocenters. The molecule has 5 rings (SSSR count). The average Bonchev–Trinajstić information content (AvgIpc) is 3.21. The third-order valence-corrected chi connectivity index (χ3v) is 5.69. The summed E-state index contributed by atoms with van der Waals surface area (Å²) in [6.07, 6.45) is 3.88. The first kappa shape index (κ1) is 18.2. The van der Waals surface area contributed by atoms with Crippen molar-refractivity contribution in [2.45, 2.75) is 32.0 Å². The first-order valence-corrected chi connectivity index (χ1v) is 10.4. The quantitative estimate of drug-likeness (QED) is 0.703. The molecule has 3 aromatic rings. The fourth-order valence-electron chi connectivity index (χ4n) is 4.22. The second-order valence-electron chi connectivity index (χ2n) is 7.81. The summed E-state index contributed by atoms with van der Waals surface area (Å²) < 4.78 is 0. The van der Waals surface area contributed by atoms with Gasteiger partial charge in [0, 0.05) is 44.0 Å². The van der Waals surface area contributed by atoms with Gasteiger partial charge in [0.2, 0.25) is 0 Å². The van der Waals surface area contributed by atoms with Crippen LogP contribution in [0, 0.1) is 0 Å². The maximum absolute atomic E-state index is 4.90. The Balaban J connectivity index is 1.35. The Bertz CT molecular complexity index is 960. The molecule has 0 radical (unpaired) electrons. The van der Waals surface area contributed by atoms with Gasteiger partial charge in [-0.25, -0.2) is 9.97 Å². The van der Waals surface area contributed by atoms with E-state index < -0.39 is 0 Å². The molecule has 2 N–H and O–H groups in total. The maximum atomic E-state index is 4.90. The molecule has 1 saturated heterocycles. The van der Waals surface area contributed by atoms with Crippen molar-refractivity contribution in [1.29, 1.82) is 0 Å². The Morgan fingerprint density at radius 3 is 2.83 bits per heavy atom. The first-order valence-electron chi connectivity index (χ1n) is 10.4. The monoisotopic (exact) mass is 386 g/mol. The van der Waals surface area contributed by atoms with Gasteiger partial charge in [-0.15, -0.1) is 0 Å². The van der Waals surface area contributed by atoms with Crippen LogP contribution in [0.2, 0.25) is 0 Å². The van der Waals surface area contributed by atoms with Gasteiger partial charge in [-0.1, -0.05) is 36.4 Å². The van der Waals surface area contributed by atoms with Gasteiger partial charge in [0.25, 0.3) is 0 Å². The highest BCUT2D eigenvalue weighted by molar-refractivity contribution is 5.57. The van der Waals surface area contributed by atoms with Crippen LogP contribution in [-0.2, 0) is 19.5 Å². The smallest absolute Gasteiger partial charge is 0.180 e. The Kier molecular flexibility index (Phi) is 5.19. The third kappa shape index (κ3) is 4.13. The minimum Gasteiger partial charge on any atom is -0.366 e. The zero-order valence-corrected chi connectivity index (χ0v) is 16.5. The zero-order valence-electron chi connectivity index (χ0n) is 16.5. The lowest BCUT2D eigenvalue weighted by Crippen LogP contribution is -2.30. The van der Waals surface area contributed by atoms with Gasteiger partial charge in [-0.3, -0.25) is 9.88 Å². The number of benzene rings is 1. The number of nitrogens with zero attached hydrogens (tertiary/aromatic N) is 4. The lowest BCUT2D eigenvalue weighted by atomic mass is 10.1. The lowest BCUT2D eigenvalue weighted by Gasteiger charge is -2.23. The number of fused-ring (bicyclic) bond motifs is 1. The Hall–Kier alpha value is -2.83. The van der Waals surface area contributed by atoms with Crippen LogP contribution in [0.1, 0.15) is 23.2 Å². The van der Waals surface area contributed by atoms with Gasteiger partial charge < -0.3 is 10.6 Å². The number of rotatable bonds is 5. The fraction of sp³-hybridized carbons (Fsp3) is 0.348. The predicted octanol–water partition coefficient (Wildman–Crippen LogP) is 2.87. The average molecular weight is 387 g/mol. The molecule has 6 nitrogen and oxygen atoms in total. The highest BCUT2D eigenvalue weighted by atomic mass is 15.2. The molecule has 29 heavy (non-hydrogen) atoms. The molecule has 0 bridgehead atoms. The summed E-state index contributed by atoms with van der Waals surface area (Å²) in [6, 6.07) is 17.0. The molecule has 0 unspecified atom stereocenters. The Labute approximate surface area is 171 Å². The molecule has 148 valence electrons. The van der Waals surface area contributed by atoms with Gasteiger partial charge in [0.1, 0.15) is 11.5 Å². The highest BCUT2D eigenvalue weighted by Crippen LogP contribution is 2.26. The van der Waals surface area contributed by atoms with Crippen molar-refractivity contribution in [3.8, 4) is 11.5 Å². The van der Waals surface area contributed by atoms with E-state index in [1.807, 2.05) is 18.2 Å². The van der Waals surface area contributed by atoms with E-state index in [4.69, 9.17) is 9.97 Å². The van der Waals surface area contributed by atoms with E-state index in [1.54, 1.807) is 6.20 Å². The number of aromatic nitrogens is 3. The topological polar surface area (TPSA) is 66.0 Å². The van der Waals surface area contributed by atoms with Crippen molar-refractivity contribution in [3.63, 3.8) is 0 Å². The molecular formula is C23H26N6. The second-order valence-corrected chi connectivity index (χ2v) is 7.81.